The lowest BCUT2D eigenvalue weighted by molar-refractivity contribution is -0.113. The molecule has 3 aromatic carbocycles. The predicted octanol–water partition coefficient (Wildman–Crippen LogP) is 8.06. The van der Waals surface area contributed by atoms with E-state index in [2.05, 4.69) is 0 Å². The van der Waals surface area contributed by atoms with Crippen LogP contribution in [0.2, 0.25) is 10.0 Å². The average molecular weight is 491 g/mol. The number of hydrogen-bond acceptors (Lipinski definition) is 4. The molecular formula is C26H16Cl2N2O2S. The van der Waals surface area contributed by atoms with E-state index in [0.29, 0.717) is 37.2 Å². The van der Waals surface area contributed by atoms with E-state index in [1.807, 2.05) is 78.9 Å². The standard InChI is InChI=1S/C26H16Cl2N2O2S/c27-21-13-7-12-20(24(21)28)22-15-14-19(32-22)16-23-25(31)30(18-10-5-2-6-11-18)26(33-23)29-17-8-3-1-4-9-17/h1-16H/b23-16+,29-26?. The van der Waals surface area contributed by atoms with E-state index in [9.17, 15) is 4.79 Å². The quantitative estimate of drug-likeness (QED) is 0.271. The van der Waals surface area contributed by atoms with Crippen molar-refractivity contribution in [2.45, 2.75) is 0 Å². The summed E-state index contributed by atoms with van der Waals surface area (Å²) in [6.07, 6.45) is 1.72. The fraction of sp³-hybridized carbons (Fsp3) is 0. The molecule has 1 aromatic heterocycles. The van der Waals surface area contributed by atoms with Gasteiger partial charge in [0.1, 0.15) is 11.5 Å². The van der Waals surface area contributed by atoms with E-state index < -0.39 is 0 Å². The summed E-state index contributed by atoms with van der Waals surface area (Å²) >= 11 is 13.8. The first-order chi connectivity index (χ1) is 16.1. The second-order valence-electron chi connectivity index (χ2n) is 7.12. The van der Waals surface area contributed by atoms with Crippen molar-refractivity contribution in [2.24, 2.45) is 4.99 Å². The Labute approximate surface area is 205 Å². The third kappa shape index (κ3) is 4.48. The van der Waals surface area contributed by atoms with Gasteiger partial charge in [-0.25, -0.2) is 4.99 Å². The summed E-state index contributed by atoms with van der Waals surface area (Å²) in [6.45, 7) is 0. The number of benzene rings is 3. The summed E-state index contributed by atoms with van der Waals surface area (Å²) in [7, 11) is 0. The number of rotatable bonds is 4. The SMILES string of the molecule is O=C1/C(=C\c2ccc(-c3cccc(Cl)c3Cl)o2)SC(=Nc2ccccc2)N1c1ccccc1. The van der Waals surface area contributed by atoms with E-state index >= 15 is 0 Å². The summed E-state index contributed by atoms with van der Waals surface area (Å²) in [5.74, 6) is 0.938. The number of amidine groups is 1. The van der Waals surface area contributed by atoms with Crippen LogP contribution in [0.25, 0.3) is 17.4 Å². The molecule has 0 bridgehead atoms. The molecule has 5 rings (SSSR count). The molecule has 33 heavy (non-hydrogen) atoms. The Bertz CT molecular complexity index is 1380. The topological polar surface area (TPSA) is 45.8 Å². The molecule has 1 aliphatic heterocycles. The second-order valence-corrected chi connectivity index (χ2v) is 8.91. The Morgan fingerprint density at radius 3 is 2.33 bits per heavy atom. The van der Waals surface area contributed by atoms with Gasteiger partial charge in [-0.3, -0.25) is 9.69 Å². The molecule has 162 valence electrons. The molecule has 0 radical (unpaired) electrons. The maximum absolute atomic E-state index is 13.4. The number of carbonyl (C=O) groups is 1. The molecule has 7 heteroatoms. The Morgan fingerprint density at radius 1 is 0.848 bits per heavy atom. The zero-order valence-corrected chi connectivity index (χ0v) is 19.4. The van der Waals surface area contributed by atoms with E-state index in [0.717, 1.165) is 11.4 Å². The number of halogens is 2. The zero-order chi connectivity index (χ0) is 22.8. The fourth-order valence-electron chi connectivity index (χ4n) is 3.36. The number of nitrogens with zero attached hydrogens (tertiary/aromatic N) is 2. The van der Waals surface area contributed by atoms with Crippen molar-refractivity contribution >= 4 is 63.5 Å². The molecule has 4 nitrogen and oxygen atoms in total. The van der Waals surface area contributed by atoms with Gasteiger partial charge < -0.3 is 4.42 Å². The van der Waals surface area contributed by atoms with E-state index in [1.54, 1.807) is 23.1 Å². The highest BCUT2D eigenvalue weighted by Gasteiger charge is 2.35. The maximum Gasteiger partial charge on any atom is 0.271 e. The lowest BCUT2D eigenvalue weighted by Crippen LogP contribution is -2.28. The monoisotopic (exact) mass is 490 g/mol. The van der Waals surface area contributed by atoms with Crippen molar-refractivity contribution < 1.29 is 9.21 Å². The summed E-state index contributed by atoms with van der Waals surface area (Å²) in [4.78, 5) is 20.2. The largest absolute Gasteiger partial charge is 0.457 e. The molecule has 2 heterocycles. The average Bonchev–Trinajstić information content (AvgIpc) is 3.41. The maximum atomic E-state index is 13.4. The highest BCUT2D eigenvalue weighted by molar-refractivity contribution is 8.19. The zero-order valence-electron chi connectivity index (χ0n) is 17.1. The first-order valence-electron chi connectivity index (χ1n) is 10.1. The Kier molecular flexibility index (Phi) is 6.09. The van der Waals surface area contributed by atoms with Gasteiger partial charge in [-0.05, 0) is 60.3 Å². The highest BCUT2D eigenvalue weighted by atomic mass is 35.5. The van der Waals surface area contributed by atoms with Crippen molar-refractivity contribution in [1.29, 1.82) is 0 Å². The first kappa shape index (κ1) is 21.6. The van der Waals surface area contributed by atoms with Crippen LogP contribution in [0.3, 0.4) is 0 Å². The van der Waals surface area contributed by atoms with Crippen molar-refractivity contribution in [3.05, 3.63) is 112 Å². The Morgan fingerprint density at radius 2 is 1.58 bits per heavy atom. The van der Waals surface area contributed by atoms with Crippen LogP contribution in [0.5, 0.6) is 0 Å². The third-order valence-corrected chi connectivity index (χ3v) is 6.71. The van der Waals surface area contributed by atoms with Gasteiger partial charge in [-0.2, -0.15) is 0 Å². The van der Waals surface area contributed by atoms with Gasteiger partial charge in [0.2, 0.25) is 0 Å². The van der Waals surface area contributed by atoms with Crippen LogP contribution in [0, 0.1) is 0 Å². The van der Waals surface area contributed by atoms with Crippen LogP contribution < -0.4 is 4.90 Å². The molecule has 0 atom stereocenters. The van der Waals surface area contributed by atoms with Gasteiger partial charge in [0, 0.05) is 11.6 Å². The lowest BCUT2D eigenvalue weighted by atomic mass is 10.2. The highest BCUT2D eigenvalue weighted by Crippen LogP contribution is 2.39. The number of amides is 1. The van der Waals surface area contributed by atoms with Gasteiger partial charge in [0.15, 0.2) is 5.17 Å². The first-order valence-corrected chi connectivity index (χ1v) is 11.6. The van der Waals surface area contributed by atoms with E-state index in [1.165, 1.54) is 11.8 Å². The molecule has 4 aromatic rings. The number of anilines is 1. The van der Waals surface area contributed by atoms with Crippen molar-refractivity contribution in [2.75, 3.05) is 4.90 Å². The molecule has 0 unspecified atom stereocenters. The molecule has 0 aliphatic carbocycles. The summed E-state index contributed by atoms with van der Waals surface area (Å²) in [6, 6.07) is 28.0. The minimum absolute atomic E-state index is 0.167. The minimum atomic E-state index is -0.167. The molecular weight excluding hydrogens is 475 g/mol. The van der Waals surface area contributed by atoms with Crippen LogP contribution in [-0.2, 0) is 4.79 Å². The fourth-order valence-corrected chi connectivity index (χ4v) is 4.74. The molecule has 1 aliphatic rings. The van der Waals surface area contributed by atoms with E-state index in [4.69, 9.17) is 32.6 Å². The molecule has 0 N–H and O–H groups in total. The lowest BCUT2D eigenvalue weighted by Gasteiger charge is -2.15. The number of furan rings is 1. The van der Waals surface area contributed by atoms with Gasteiger partial charge >= 0.3 is 0 Å². The van der Waals surface area contributed by atoms with Crippen molar-refractivity contribution in [3.63, 3.8) is 0 Å². The van der Waals surface area contributed by atoms with Crippen LogP contribution >= 0.6 is 35.0 Å². The van der Waals surface area contributed by atoms with Crippen LogP contribution in [0.15, 0.2) is 105 Å². The second kappa shape index (κ2) is 9.32. The summed E-state index contributed by atoms with van der Waals surface area (Å²) in [5.41, 5.74) is 2.21. The van der Waals surface area contributed by atoms with Gasteiger partial charge in [0.25, 0.3) is 5.91 Å². The summed E-state index contributed by atoms with van der Waals surface area (Å²) < 4.78 is 5.97. The van der Waals surface area contributed by atoms with Gasteiger partial charge in [-0.15, -0.1) is 0 Å². The molecule has 1 fully saturated rings. The predicted molar refractivity (Wildman–Crippen MR) is 137 cm³/mol. The van der Waals surface area contributed by atoms with Gasteiger partial charge in [-0.1, -0.05) is 65.7 Å². The number of aliphatic imine (C=N–C) groups is 1. The molecule has 0 spiro atoms. The number of hydrogen-bond donors (Lipinski definition) is 0. The van der Waals surface area contributed by atoms with Crippen molar-refractivity contribution in [1.82, 2.24) is 0 Å². The smallest absolute Gasteiger partial charge is 0.271 e. The third-order valence-electron chi connectivity index (χ3n) is 4.92. The van der Waals surface area contributed by atoms with Crippen LogP contribution in [0.1, 0.15) is 5.76 Å². The van der Waals surface area contributed by atoms with Crippen LogP contribution in [-0.4, -0.2) is 11.1 Å². The Hall–Kier alpha value is -3.25. The summed E-state index contributed by atoms with van der Waals surface area (Å²) in [5, 5.41) is 1.45. The van der Waals surface area contributed by atoms with Crippen molar-refractivity contribution in [3.8, 4) is 11.3 Å². The normalized spacial score (nSPS) is 16.2. The minimum Gasteiger partial charge on any atom is -0.457 e. The van der Waals surface area contributed by atoms with Crippen LogP contribution in [0.4, 0.5) is 11.4 Å². The molecule has 1 amide bonds. The molecule has 1 saturated heterocycles. The Balaban J connectivity index is 1.51. The number of para-hydroxylation sites is 2. The number of thioether (sulfide) groups is 1. The van der Waals surface area contributed by atoms with Gasteiger partial charge in [0.05, 0.1) is 26.3 Å². The molecule has 0 saturated carbocycles. The van der Waals surface area contributed by atoms with E-state index in [-0.39, 0.29) is 5.91 Å². The number of carbonyl (C=O) groups excluding carboxylic acids is 1.